The van der Waals surface area contributed by atoms with Crippen LogP contribution in [0.15, 0.2) is 85.5 Å². The molecule has 1 fully saturated rings. The number of rotatable bonds is 12. The molecule has 1 heterocycles. The summed E-state index contributed by atoms with van der Waals surface area (Å²) in [7, 11) is -3.80. The summed E-state index contributed by atoms with van der Waals surface area (Å²) >= 11 is 0. The van der Waals surface area contributed by atoms with E-state index in [0.29, 0.717) is 56.7 Å². The van der Waals surface area contributed by atoms with Crippen molar-refractivity contribution in [3.05, 3.63) is 96.6 Å². The van der Waals surface area contributed by atoms with Gasteiger partial charge in [-0.2, -0.15) is 0 Å². The number of fused-ring (bicyclic) bond motifs is 1. The Balaban J connectivity index is 1.40. The van der Waals surface area contributed by atoms with Crippen molar-refractivity contribution in [1.82, 2.24) is 19.8 Å². The maximum atomic E-state index is 13.6. The number of benzene rings is 3. The molecule has 0 aromatic heterocycles. The van der Waals surface area contributed by atoms with Gasteiger partial charge in [-0.15, -0.1) is 0 Å². The summed E-state index contributed by atoms with van der Waals surface area (Å²) < 4.78 is 28.7. The molecule has 1 aliphatic heterocycles. The maximum Gasteiger partial charge on any atom is 0.254 e. The SMILES string of the molecule is C=CC(=O)NCCCC[C@H](NS(=O)(=O)Cc1ccccc1)C(=O)N1CCN(C(=O)c2cccc3ccccc23)CC1. The molecule has 41 heavy (non-hydrogen) atoms. The standard InChI is InChI=1S/C31H36N4O5S/c1-2-29(36)32-18-9-8-17-28(33-41(39,40)23-24-11-4-3-5-12-24)31(38)35-21-19-34(20-22-35)30(37)27-16-10-14-25-13-6-7-15-26(25)27/h2-7,10-16,28,33H,1,8-9,17-23H2,(H,32,36)/t28-/m0/s1. The molecule has 9 nitrogen and oxygen atoms in total. The number of unbranched alkanes of at least 4 members (excludes halogenated alkanes) is 1. The van der Waals surface area contributed by atoms with E-state index in [1.807, 2.05) is 48.5 Å². The Morgan fingerprint density at radius 3 is 2.24 bits per heavy atom. The third-order valence-corrected chi connectivity index (χ3v) is 8.48. The topological polar surface area (TPSA) is 116 Å². The van der Waals surface area contributed by atoms with Crippen LogP contribution in [0, 0.1) is 0 Å². The number of carbonyl (C=O) groups is 3. The summed E-state index contributed by atoms with van der Waals surface area (Å²) in [6.07, 6.45) is 2.58. The minimum atomic E-state index is -3.80. The number of amides is 3. The predicted octanol–water partition coefficient (Wildman–Crippen LogP) is 3.08. The van der Waals surface area contributed by atoms with Crippen molar-refractivity contribution >= 4 is 38.5 Å². The average Bonchev–Trinajstić information content (AvgIpc) is 2.99. The predicted molar refractivity (Wildman–Crippen MR) is 159 cm³/mol. The molecule has 1 saturated heterocycles. The number of sulfonamides is 1. The van der Waals surface area contributed by atoms with E-state index in [9.17, 15) is 22.8 Å². The van der Waals surface area contributed by atoms with Crippen LogP contribution in [0.1, 0.15) is 35.2 Å². The van der Waals surface area contributed by atoms with E-state index >= 15 is 0 Å². The van der Waals surface area contributed by atoms with Crippen LogP contribution < -0.4 is 10.0 Å². The normalized spacial score (nSPS) is 14.4. The van der Waals surface area contributed by atoms with Gasteiger partial charge in [-0.3, -0.25) is 14.4 Å². The highest BCUT2D eigenvalue weighted by Gasteiger charge is 2.32. The third-order valence-electron chi connectivity index (χ3n) is 7.12. The Bertz CT molecular complexity index is 1480. The van der Waals surface area contributed by atoms with Crippen molar-refractivity contribution < 1.29 is 22.8 Å². The van der Waals surface area contributed by atoms with Crippen molar-refractivity contribution in [1.29, 1.82) is 0 Å². The van der Waals surface area contributed by atoms with Crippen LogP contribution >= 0.6 is 0 Å². The smallest absolute Gasteiger partial charge is 0.254 e. The first-order chi connectivity index (χ1) is 19.8. The fourth-order valence-electron chi connectivity index (χ4n) is 4.97. The second-order valence-corrected chi connectivity index (χ2v) is 11.8. The van der Waals surface area contributed by atoms with Crippen molar-refractivity contribution in [2.75, 3.05) is 32.7 Å². The number of carbonyl (C=O) groups excluding carboxylic acids is 3. The zero-order chi connectivity index (χ0) is 29.2. The minimum Gasteiger partial charge on any atom is -0.353 e. The number of hydrogen-bond donors (Lipinski definition) is 2. The van der Waals surface area contributed by atoms with E-state index in [2.05, 4.69) is 16.6 Å². The summed E-state index contributed by atoms with van der Waals surface area (Å²) in [5.41, 5.74) is 1.25. The summed E-state index contributed by atoms with van der Waals surface area (Å²) in [6, 6.07) is 21.2. The summed E-state index contributed by atoms with van der Waals surface area (Å²) in [5, 5.41) is 4.56. The van der Waals surface area contributed by atoms with Gasteiger partial charge in [0.15, 0.2) is 0 Å². The molecule has 0 saturated carbocycles. The van der Waals surface area contributed by atoms with Crippen LogP contribution in [-0.2, 0) is 25.4 Å². The van der Waals surface area contributed by atoms with E-state index in [1.54, 1.807) is 34.1 Å². The molecule has 3 aromatic rings. The number of nitrogens with one attached hydrogen (secondary N) is 2. The molecular formula is C31H36N4O5S. The number of nitrogens with zero attached hydrogens (tertiary/aromatic N) is 2. The van der Waals surface area contributed by atoms with Crippen molar-refractivity contribution in [2.45, 2.75) is 31.1 Å². The lowest BCUT2D eigenvalue weighted by Gasteiger charge is -2.36. The molecule has 2 N–H and O–H groups in total. The van der Waals surface area contributed by atoms with E-state index in [0.717, 1.165) is 10.8 Å². The van der Waals surface area contributed by atoms with E-state index in [4.69, 9.17) is 0 Å². The molecule has 10 heteroatoms. The Kier molecular flexibility index (Phi) is 10.3. The van der Waals surface area contributed by atoms with Gasteiger partial charge in [-0.25, -0.2) is 13.1 Å². The van der Waals surface area contributed by atoms with E-state index in [-0.39, 0.29) is 29.9 Å². The molecule has 0 radical (unpaired) electrons. The lowest BCUT2D eigenvalue weighted by molar-refractivity contribution is -0.134. The molecule has 4 rings (SSSR count). The molecule has 216 valence electrons. The van der Waals surface area contributed by atoms with Gasteiger partial charge >= 0.3 is 0 Å². The zero-order valence-corrected chi connectivity index (χ0v) is 23.8. The highest BCUT2D eigenvalue weighted by molar-refractivity contribution is 7.88. The average molecular weight is 577 g/mol. The largest absolute Gasteiger partial charge is 0.353 e. The van der Waals surface area contributed by atoms with Crippen molar-refractivity contribution in [3.63, 3.8) is 0 Å². The summed E-state index contributed by atoms with van der Waals surface area (Å²) in [6.45, 7) is 5.14. The van der Waals surface area contributed by atoms with Gasteiger partial charge < -0.3 is 15.1 Å². The van der Waals surface area contributed by atoms with Crippen molar-refractivity contribution in [3.8, 4) is 0 Å². The van der Waals surface area contributed by atoms with Crippen LogP contribution in [0.4, 0.5) is 0 Å². The van der Waals surface area contributed by atoms with Gasteiger partial charge in [0, 0.05) is 38.3 Å². The Morgan fingerprint density at radius 2 is 1.51 bits per heavy atom. The molecule has 1 aliphatic rings. The van der Waals surface area contributed by atoms with Gasteiger partial charge in [-0.05, 0) is 47.7 Å². The molecule has 0 spiro atoms. The van der Waals surface area contributed by atoms with Crippen molar-refractivity contribution in [2.24, 2.45) is 0 Å². The second-order valence-electron chi connectivity index (χ2n) is 10.1. The fraction of sp³-hybridized carbons (Fsp3) is 0.323. The van der Waals surface area contributed by atoms with Gasteiger partial charge in [0.2, 0.25) is 21.8 Å². The van der Waals surface area contributed by atoms with Gasteiger partial charge in [0.05, 0.1) is 5.75 Å². The molecule has 1 atom stereocenters. The number of piperazine rings is 1. The Labute approximate surface area is 241 Å². The van der Waals surface area contributed by atoms with Crippen LogP contribution in [0.2, 0.25) is 0 Å². The van der Waals surface area contributed by atoms with Gasteiger partial charge in [0.1, 0.15) is 6.04 Å². The summed E-state index contributed by atoms with van der Waals surface area (Å²) in [5.74, 6) is -0.915. The lowest BCUT2D eigenvalue weighted by atomic mass is 10.0. The molecule has 0 bridgehead atoms. The maximum absolute atomic E-state index is 13.6. The molecular weight excluding hydrogens is 540 g/mol. The van der Waals surface area contributed by atoms with Crippen LogP contribution in [0.3, 0.4) is 0 Å². The molecule has 0 unspecified atom stereocenters. The van der Waals surface area contributed by atoms with E-state index in [1.165, 1.54) is 6.08 Å². The second kappa shape index (κ2) is 14.0. The van der Waals surface area contributed by atoms with Crippen LogP contribution in [-0.4, -0.2) is 74.7 Å². The Hall–Kier alpha value is -4.02. The van der Waals surface area contributed by atoms with E-state index < -0.39 is 16.1 Å². The first-order valence-electron chi connectivity index (χ1n) is 13.8. The quantitative estimate of drug-likeness (QED) is 0.254. The molecule has 3 amide bonds. The summed E-state index contributed by atoms with van der Waals surface area (Å²) in [4.78, 5) is 41.7. The lowest BCUT2D eigenvalue weighted by Crippen LogP contribution is -2.56. The zero-order valence-electron chi connectivity index (χ0n) is 23.0. The molecule has 0 aliphatic carbocycles. The minimum absolute atomic E-state index is 0.0874. The van der Waals surface area contributed by atoms with Crippen LogP contribution in [0.5, 0.6) is 0 Å². The van der Waals surface area contributed by atoms with Crippen LogP contribution in [0.25, 0.3) is 10.8 Å². The highest BCUT2D eigenvalue weighted by Crippen LogP contribution is 2.21. The third kappa shape index (κ3) is 8.25. The number of hydrogen-bond acceptors (Lipinski definition) is 5. The molecule has 3 aromatic carbocycles. The van der Waals surface area contributed by atoms with Gasteiger partial charge in [0.25, 0.3) is 5.91 Å². The first kappa shape index (κ1) is 30.0. The Morgan fingerprint density at radius 1 is 0.854 bits per heavy atom. The highest BCUT2D eigenvalue weighted by atomic mass is 32.2. The monoisotopic (exact) mass is 576 g/mol. The fourth-order valence-corrected chi connectivity index (χ4v) is 6.34. The first-order valence-corrected chi connectivity index (χ1v) is 15.4. The van der Waals surface area contributed by atoms with Gasteiger partial charge in [-0.1, -0.05) is 73.3 Å².